The van der Waals surface area contributed by atoms with Gasteiger partial charge in [0.2, 0.25) is 0 Å². The Kier molecular flexibility index (Phi) is 6.59. The number of Topliss-reactive ketones (excluding diaryl/α,β-unsaturated/α-hetero) is 1. The fraction of sp³-hybridized carbons (Fsp3) is 0.286. The van der Waals surface area contributed by atoms with Crippen LogP contribution >= 0.6 is 0 Å². The van der Waals surface area contributed by atoms with Gasteiger partial charge < -0.3 is 14.3 Å². The van der Waals surface area contributed by atoms with Gasteiger partial charge >= 0.3 is 0 Å². The average Bonchev–Trinajstić information content (AvgIpc) is 3.44. The van der Waals surface area contributed by atoms with Crippen LogP contribution in [0.4, 0.5) is 5.69 Å². The molecule has 0 aliphatic carbocycles. The number of aliphatic hydroxyl groups is 1. The zero-order valence-electron chi connectivity index (χ0n) is 19.8. The number of nitrogens with zero attached hydrogens (tertiary/aromatic N) is 1. The van der Waals surface area contributed by atoms with Gasteiger partial charge in [-0.25, -0.2) is 0 Å². The number of ketones is 1. The Morgan fingerprint density at radius 3 is 2.38 bits per heavy atom. The summed E-state index contributed by atoms with van der Waals surface area (Å²) >= 11 is 0. The molecule has 0 radical (unpaired) electrons. The molecular weight excluding hydrogens is 430 g/mol. The molecule has 6 nitrogen and oxygen atoms in total. The van der Waals surface area contributed by atoms with Crippen LogP contribution in [0.15, 0.2) is 76.9 Å². The second-order valence-corrected chi connectivity index (χ2v) is 9.16. The van der Waals surface area contributed by atoms with Crippen LogP contribution in [0, 0.1) is 5.92 Å². The van der Waals surface area contributed by atoms with Gasteiger partial charge in [-0.2, -0.15) is 0 Å². The quantitative estimate of drug-likeness (QED) is 0.264. The highest BCUT2D eigenvalue weighted by Crippen LogP contribution is 2.42. The van der Waals surface area contributed by atoms with E-state index in [4.69, 9.17) is 9.15 Å². The van der Waals surface area contributed by atoms with E-state index in [2.05, 4.69) is 13.8 Å². The summed E-state index contributed by atoms with van der Waals surface area (Å²) in [6.07, 6.45) is 1.48. The summed E-state index contributed by atoms with van der Waals surface area (Å²) in [7, 11) is 0. The van der Waals surface area contributed by atoms with Gasteiger partial charge in [-0.05, 0) is 53.8 Å². The summed E-state index contributed by atoms with van der Waals surface area (Å²) < 4.78 is 11.4. The molecule has 1 N–H and O–H groups in total. The number of aliphatic hydroxyl groups excluding tert-OH is 1. The smallest absolute Gasteiger partial charge is 0.300 e. The highest BCUT2D eigenvalue weighted by Gasteiger charge is 2.48. The van der Waals surface area contributed by atoms with Gasteiger partial charge in [-0.15, -0.1) is 0 Å². The molecule has 1 fully saturated rings. The summed E-state index contributed by atoms with van der Waals surface area (Å²) in [4.78, 5) is 27.8. The molecule has 1 saturated heterocycles. The standard InChI is InChI=1S/C28H29NO5/c1-17(2)16-34-22-8-5-7-20(15-22)26(30)24-25(23-9-6-14-33-23)29(28(32)27(24)31)21-12-10-19(11-13-21)18(3)4/h5-15,17-18,25,30H,16H2,1-4H3/b26-24-. The predicted molar refractivity (Wildman–Crippen MR) is 131 cm³/mol. The molecule has 2 aromatic carbocycles. The number of hydrogen-bond donors (Lipinski definition) is 1. The maximum absolute atomic E-state index is 13.2. The molecular formula is C28H29NO5. The minimum atomic E-state index is -0.889. The first kappa shape index (κ1) is 23.4. The maximum atomic E-state index is 13.2. The SMILES string of the molecule is CC(C)COc1cccc(/C(O)=C2/C(=O)C(=O)N(c3ccc(C(C)C)cc3)C2c2ccco2)c1. The third-order valence-corrected chi connectivity index (χ3v) is 5.79. The fourth-order valence-electron chi connectivity index (χ4n) is 3.99. The second kappa shape index (κ2) is 9.59. The van der Waals surface area contributed by atoms with Crippen molar-refractivity contribution in [3.05, 3.63) is 89.4 Å². The van der Waals surface area contributed by atoms with Crippen molar-refractivity contribution in [3.8, 4) is 5.75 Å². The van der Waals surface area contributed by atoms with Crippen molar-refractivity contribution in [3.63, 3.8) is 0 Å². The van der Waals surface area contributed by atoms with E-state index in [0.717, 1.165) is 5.56 Å². The normalized spacial score (nSPS) is 17.7. The van der Waals surface area contributed by atoms with E-state index in [-0.39, 0.29) is 11.3 Å². The summed E-state index contributed by atoms with van der Waals surface area (Å²) in [6, 6.07) is 16.9. The molecule has 176 valence electrons. The predicted octanol–water partition coefficient (Wildman–Crippen LogP) is 6.06. The molecule has 1 unspecified atom stereocenters. The molecule has 1 aliphatic rings. The van der Waals surface area contributed by atoms with Gasteiger partial charge in [0.15, 0.2) is 0 Å². The van der Waals surface area contributed by atoms with Crippen LogP contribution in [-0.2, 0) is 9.59 Å². The Labute approximate surface area is 199 Å². The summed E-state index contributed by atoms with van der Waals surface area (Å²) in [5.74, 6) is -0.116. The lowest BCUT2D eigenvalue weighted by Crippen LogP contribution is -2.29. The van der Waals surface area contributed by atoms with Gasteiger partial charge in [0.25, 0.3) is 11.7 Å². The topological polar surface area (TPSA) is 80.0 Å². The van der Waals surface area contributed by atoms with Crippen molar-refractivity contribution < 1.29 is 23.8 Å². The number of amides is 1. The van der Waals surface area contributed by atoms with Gasteiger partial charge in [-0.3, -0.25) is 14.5 Å². The van der Waals surface area contributed by atoms with Crippen molar-refractivity contribution in [1.29, 1.82) is 0 Å². The van der Waals surface area contributed by atoms with Crippen LogP contribution in [0.3, 0.4) is 0 Å². The molecule has 4 rings (SSSR count). The Hall–Kier alpha value is -3.80. The third kappa shape index (κ3) is 4.49. The summed E-state index contributed by atoms with van der Waals surface area (Å²) in [5.41, 5.74) is 2.05. The largest absolute Gasteiger partial charge is 0.507 e. The molecule has 3 aromatic rings. The molecule has 0 spiro atoms. The molecule has 34 heavy (non-hydrogen) atoms. The fourth-order valence-corrected chi connectivity index (χ4v) is 3.99. The zero-order chi connectivity index (χ0) is 24.4. The van der Waals surface area contributed by atoms with E-state index in [0.29, 0.717) is 41.2 Å². The van der Waals surface area contributed by atoms with Crippen molar-refractivity contribution in [2.45, 2.75) is 39.7 Å². The molecule has 0 saturated carbocycles. The lowest BCUT2D eigenvalue weighted by Gasteiger charge is -2.24. The van der Waals surface area contributed by atoms with Crippen molar-refractivity contribution in [1.82, 2.24) is 0 Å². The maximum Gasteiger partial charge on any atom is 0.300 e. The summed E-state index contributed by atoms with van der Waals surface area (Å²) in [6.45, 7) is 8.78. The van der Waals surface area contributed by atoms with Gasteiger partial charge in [0.1, 0.15) is 23.3 Å². The van der Waals surface area contributed by atoms with Crippen molar-refractivity contribution in [2.75, 3.05) is 11.5 Å². The number of anilines is 1. The van der Waals surface area contributed by atoms with Crippen LogP contribution in [-0.4, -0.2) is 23.4 Å². The van der Waals surface area contributed by atoms with E-state index in [1.165, 1.54) is 11.2 Å². The number of furan rings is 1. The van der Waals surface area contributed by atoms with E-state index in [1.54, 1.807) is 36.4 Å². The Bertz CT molecular complexity index is 1210. The zero-order valence-corrected chi connectivity index (χ0v) is 19.8. The Balaban J connectivity index is 1.80. The minimum Gasteiger partial charge on any atom is -0.507 e. The van der Waals surface area contributed by atoms with Gasteiger partial charge in [0, 0.05) is 11.3 Å². The molecule has 1 aliphatic heterocycles. The molecule has 0 bridgehead atoms. The van der Waals surface area contributed by atoms with E-state index < -0.39 is 17.7 Å². The van der Waals surface area contributed by atoms with Crippen molar-refractivity contribution >= 4 is 23.1 Å². The summed E-state index contributed by atoms with van der Waals surface area (Å²) in [5, 5.41) is 11.2. The number of benzene rings is 2. The Morgan fingerprint density at radius 1 is 1.03 bits per heavy atom. The molecule has 2 heterocycles. The van der Waals surface area contributed by atoms with Crippen LogP contribution in [0.5, 0.6) is 5.75 Å². The van der Waals surface area contributed by atoms with E-state index in [9.17, 15) is 14.7 Å². The minimum absolute atomic E-state index is 0.0195. The van der Waals surface area contributed by atoms with Gasteiger partial charge in [-0.1, -0.05) is 52.0 Å². The van der Waals surface area contributed by atoms with Crippen LogP contribution < -0.4 is 9.64 Å². The first-order valence-corrected chi connectivity index (χ1v) is 11.5. The lowest BCUT2D eigenvalue weighted by atomic mass is 9.98. The lowest BCUT2D eigenvalue weighted by molar-refractivity contribution is -0.132. The number of rotatable bonds is 7. The van der Waals surface area contributed by atoms with E-state index in [1.807, 2.05) is 38.1 Å². The van der Waals surface area contributed by atoms with E-state index >= 15 is 0 Å². The third-order valence-electron chi connectivity index (χ3n) is 5.79. The van der Waals surface area contributed by atoms with Crippen LogP contribution in [0.2, 0.25) is 0 Å². The van der Waals surface area contributed by atoms with Crippen LogP contribution in [0.25, 0.3) is 5.76 Å². The molecule has 6 heteroatoms. The number of ether oxygens (including phenoxy) is 1. The highest BCUT2D eigenvalue weighted by molar-refractivity contribution is 6.51. The van der Waals surface area contributed by atoms with Crippen LogP contribution in [0.1, 0.15) is 56.5 Å². The first-order chi connectivity index (χ1) is 16.3. The molecule has 1 aromatic heterocycles. The molecule has 1 amide bonds. The Morgan fingerprint density at radius 2 is 1.76 bits per heavy atom. The highest BCUT2D eigenvalue weighted by atomic mass is 16.5. The van der Waals surface area contributed by atoms with Gasteiger partial charge in [0.05, 0.1) is 18.4 Å². The second-order valence-electron chi connectivity index (χ2n) is 9.16. The average molecular weight is 460 g/mol. The number of hydrogen-bond acceptors (Lipinski definition) is 5. The number of carbonyl (C=O) groups is 2. The number of carbonyl (C=O) groups excluding carboxylic acids is 2. The first-order valence-electron chi connectivity index (χ1n) is 11.5. The monoisotopic (exact) mass is 459 g/mol. The van der Waals surface area contributed by atoms with Crippen molar-refractivity contribution in [2.24, 2.45) is 5.92 Å². The molecule has 1 atom stereocenters.